The van der Waals surface area contributed by atoms with Crippen LogP contribution in [0.3, 0.4) is 0 Å². The lowest BCUT2D eigenvalue weighted by atomic mass is 10.1. The van der Waals surface area contributed by atoms with Crippen LogP contribution in [0.5, 0.6) is 0 Å². The first kappa shape index (κ1) is 15.8. The van der Waals surface area contributed by atoms with Gasteiger partial charge in [0.2, 0.25) is 5.91 Å². The van der Waals surface area contributed by atoms with Crippen LogP contribution in [0.25, 0.3) is 0 Å². The van der Waals surface area contributed by atoms with Crippen LogP contribution in [-0.2, 0) is 11.0 Å². The average molecular weight is 365 g/mol. The zero-order valence-electron chi connectivity index (χ0n) is 10.8. The molecular weight excluding hydrogens is 353 g/mol. The van der Waals surface area contributed by atoms with Crippen molar-refractivity contribution in [1.29, 1.82) is 0 Å². The second-order valence-corrected chi connectivity index (χ2v) is 5.44. The van der Waals surface area contributed by atoms with E-state index in [0.29, 0.717) is 11.0 Å². The highest BCUT2D eigenvalue weighted by atomic mass is 79.9. The number of benzene rings is 1. The number of carbonyl (C=O) groups is 2. The third-order valence-electron chi connectivity index (χ3n) is 3.12. The molecular formula is C13H12BrF3N2O2. The SMILES string of the molecule is O=C1CCN(C(=O)c2cc(C(F)(F)F)ccc2Br)CCN1. The van der Waals surface area contributed by atoms with Gasteiger partial charge in [0.1, 0.15) is 0 Å². The van der Waals surface area contributed by atoms with E-state index in [-0.39, 0.29) is 31.0 Å². The van der Waals surface area contributed by atoms with Gasteiger partial charge in [-0.3, -0.25) is 9.59 Å². The van der Waals surface area contributed by atoms with Gasteiger partial charge in [-0.25, -0.2) is 0 Å². The van der Waals surface area contributed by atoms with Crippen LogP contribution in [0, 0.1) is 0 Å². The summed E-state index contributed by atoms with van der Waals surface area (Å²) in [6.45, 7) is 0.752. The molecule has 8 heteroatoms. The van der Waals surface area contributed by atoms with Gasteiger partial charge in [0.05, 0.1) is 11.1 Å². The molecule has 1 aromatic rings. The molecule has 1 aliphatic heterocycles. The van der Waals surface area contributed by atoms with Gasteiger partial charge in [-0.15, -0.1) is 0 Å². The van der Waals surface area contributed by atoms with E-state index in [1.807, 2.05) is 0 Å². The summed E-state index contributed by atoms with van der Waals surface area (Å²) in [6, 6.07) is 2.94. The van der Waals surface area contributed by atoms with E-state index in [2.05, 4.69) is 21.2 Å². The van der Waals surface area contributed by atoms with Crippen molar-refractivity contribution < 1.29 is 22.8 Å². The van der Waals surface area contributed by atoms with E-state index in [9.17, 15) is 22.8 Å². The van der Waals surface area contributed by atoms with Gasteiger partial charge >= 0.3 is 6.18 Å². The Morgan fingerprint density at radius 1 is 1.29 bits per heavy atom. The predicted octanol–water partition coefficient (Wildman–Crippen LogP) is 2.43. The molecule has 1 fully saturated rings. The number of rotatable bonds is 1. The Kier molecular flexibility index (Phi) is 4.55. The molecule has 21 heavy (non-hydrogen) atoms. The molecule has 1 heterocycles. The standard InChI is InChI=1S/C13H12BrF3N2O2/c14-10-2-1-8(13(15,16)17)7-9(10)12(21)19-5-3-11(20)18-4-6-19/h1-2,7H,3-6H2,(H,18,20). The summed E-state index contributed by atoms with van der Waals surface area (Å²) in [5, 5.41) is 2.61. The highest BCUT2D eigenvalue weighted by molar-refractivity contribution is 9.10. The quantitative estimate of drug-likeness (QED) is 0.831. The summed E-state index contributed by atoms with van der Waals surface area (Å²) in [5.41, 5.74) is -0.933. The molecule has 0 spiro atoms. The minimum atomic E-state index is -4.51. The number of hydrogen-bond donors (Lipinski definition) is 1. The van der Waals surface area contributed by atoms with Crippen molar-refractivity contribution >= 4 is 27.7 Å². The molecule has 0 unspecified atom stereocenters. The maximum atomic E-state index is 12.7. The molecule has 0 aromatic heterocycles. The maximum absolute atomic E-state index is 12.7. The first-order valence-corrected chi connectivity index (χ1v) is 7.01. The fraction of sp³-hybridized carbons (Fsp3) is 0.385. The van der Waals surface area contributed by atoms with Crippen molar-refractivity contribution in [3.05, 3.63) is 33.8 Å². The van der Waals surface area contributed by atoms with E-state index in [1.165, 1.54) is 11.0 Å². The Balaban J connectivity index is 2.28. The van der Waals surface area contributed by atoms with Crippen molar-refractivity contribution in [1.82, 2.24) is 10.2 Å². The fourth-order valence-corrected chi connectivity index (χ4v) is 2.42. The monoisotopic (exact) mass is 364 g/mol. The molecule has 1 aliphatic rings. The van der Waals surface area contributed by atoms with Gasteiger partial charge < -0.3 is 10.2 Å². The van der Waals surface area contributed by atoms with Crippen LogP contribution in [0.15, 0.2) is 22.7 Å². The van der Waals surface area contributed by atoms with Gasteiger partial charge in [0, 0.05) is 30.5 Å². The predicted molar refractivity (Wildman–Crippen MR) is 72.7 cm³/mol. The normalized spacial score (nSPS) is 16.4. The maximum Gasteiger partial charge on any atom is 0.416 e. The minimum Gasteiger partial charge on any atom is -0.354 e. The van der Waals surface area contributed by atoms with Crippen molar-refractivity contribution in [3.63, 3.8) is 0 Å². The molecule has 0 radical (unpaired) electrons. The van der Waals surface area contributed by atoms with Crippen LogP contribution >= 0.6 is 15.9 Å². The number of amides is 2. The van der Waals surface area contributed by atoms with E-state index in [4.69, 9.17) is 0 Å². The fourth-order valence-electron chi connectivity index (χ4n) is 2.01. The van der Waals surface area contributed by atoms with Gasteiger partial charge in [0.25, 0.3) is 5.91 Å². The number of nitrogens with zero attached hydrogens (tertiary/aromatic N) is 1. The van der Waals surface area contributed by atoms with E-state index < -0.39 is 17.6 Å². The zero-order valence-corrected chi connectivity index (χ0v) is 12.4. The summed E-state index contributed by atoms with van der Waals surface area (Å²) in [4.78, 5) is 25.0. The number of hydrogen-bond acceptors (Lipinski definition) is 2. The highest BCUT2D eigenvalue weighted by Crippen LogP contribution is 2.32. The van der Waals surface area contributed by atoms with E-state index in [1.54, 1.807) is 0 Å². The smallest absolute Gasteiger partial charge is 0.354 e. The molecule has 0 aliphatic carbocycles. The molecule has 114 valence electrons. The lowest BCUT2D eigenvalue weighted by molar-refractivity contribution is -0.137. The zero-order chi connectivity index (χ0) is 15.6. The molecule has 1 saturated heterocycles. The first-order valence-electron chi connectivity index (χ1n) is 6.22. The molecule has 2 rings (SSSR count). The summed E-state index contributed by atoms with van der Waals surface area (Å²) in [7, 11) is 0. The van der Waals surface area contributed by atoms with Crippen molar-refractivity contribution in [2.75, 3.05) is 19.6 Å². The van der Waals surface area contributed by atoms with Crippen molar-refractivity contribution in [2.45, 2.75) is 12.6 Å². The third-order valence-corrected chi connectivity index (χ3v) is 3.82. The van der Waals surface area contributed by atoms with Crippen LogP contribution in [0.2, 0.25) is 0 Å². The molecule has 0 bridgehead atoms. The molecule has 0 saturated carbocycles. The third kappa shape index (κ3) is 3.75. The lowest BCUT2D eigenvalue weighted by Gasteiger charge is -2.21. The second kappa shape index (κ2) is 6.05. The van der Waals surface area contributed by atoms with Gasteiger partial charge in [0.15, 0.2) is 0 Å². The van der Waals surface area contributed by atoms with E-state index in [0.717, 1.165) is 12.1 Å². The first-order chi connectivity index (χ1) is 9.79. The van der Waals surface area contributed by atoms with Crippen molar-refractivity contribution in [3.8, 4) is 0 Å². The summed E-state index contributed by atoms with van der Waals surface area (Å²) in [6.07, 6.45) is -4.37. The van der Waals surface area contributed by atoms with Gasteiger partial charge in [-0.2, -0.15) is 13.2 Å². The van der Waals surface area contributed by atoms with Crippen molar-refractivity contribution in [2.24, 2.45) is 0 Å². The minimum absolute atomic E-state index is 0.0563. The molecule has 1 N–H and O–H groups in total. The molecule has 1 aromatic carbocycles. The van der Waals surface area contributed by atoms with Crippen LogP contribution < -0.4 is 5.32 Å². The largest absolute Gasteiger partial charge is 0.416 e. The van der Waals surface area contributed by atoms with Gasteiger partial charge in [-0.05, 0) is 34.1 Å². The summed E-state index contributed by atoms with van der Waals surface area (Å²) >= 11 is 3.10. The molecule has 0 atom stereocenters. The number of carbonyl (C=O) groups excluding carboxylic acids is 2. The topological polar surface area (TPSA) is 49.4 Å². The van der Waals surface area contributed by atoms with Crippen LogP contribution in [0.1, 0.15) is 22.3 Å². The Morgan fingerprint density at radius 3 is 2.67 bits per heavy atom. The highest BCUT2D eigenvalue weighted by Gasteiger charge is 2.32. The second-order valence-electron chi connectivity index (χ2n) is 4.58. The van der Waals surface area contributed by atoms with Gasteiger partial charge in [-0.1, -0.05) is 0 Å². The Morgan fingerprint density at radius 2 is 2.00 bits per heavy atom. The van der Waals surface area contributed by atoms with Crippen LogP contribution in [-0.4, -0.2) is 36.3 Å². The Hall–Kier alpha value is -1.57. The lowest BCUT2D eigenvalue weighted by Crippen LogP contribution is -2.34. The molecule has 4 nitrogen and oxygen atoms in total. The summed E-state index contributed by atoms with van der Waals surface area (Å²) in [5.74, 6) is -0.696. The number of nitrogens with one attached hydrogen (secondary N) is 1. The summed E-state index contributed by atoms with van der Waals surface area (Å²) < 4.78 is 38.5. The number of halogens is 4. The molecule has 2 amide bonds. The number of alkyl halides is 3. The Labute approximate surface area is 127 Å². The van der Waals surface area contributed by atoms with E-state index >= 15 is 0 Å². The Bertz CT molecular complexity index is 575. The van der Waals surface area contributed by atoms with Crippen LogP contribution in [0.4, 0.5) is 13.2 Å². The average Bonchev–Trinajstić information content (AvgIpc) is 2.62.